The smallest absolute Gasteiger partial charge is 0.310 e. The van der Waals surface area contributed by atoms with Crippen molar-refractivity contribution in [2.24, 2.45) is 5.92 Å². The molecule has 1 aliphatic rings. The number of carbonyl (C=O) groups excluding carboxylic acids is 1. The molecule has 2 atom stereocenters. The van der Waals surface area contributed by atoms with Crippen LogP contribution < -0.4 is 5.32 Å². The average Bonchev–Trinajstić information content (AvgIpc) is 2.77. The van der Waals surface area contributed by atoms with Crippen LogP contribution in [0.1, 0.15) is 11.5 Å². The standard InChI is InChI=1S/C12H14ClNO2/c1-16-12(15)11-7-14-6-10(11)8-3-2-4-9(13)5-8/h2-5,10-11,14H,6-7H2,1H3/t10-,11+/m1/s1. The lowest BCUT2D eigenvalue weighted by atomic mass is 9.89. The molecule has 0 saturated carbocycles. The molecule has 1 fully saturated rings. The zero-order chi connectivity index (χ0) is 11.5. The van der Waals surface area contributed by atoms with Gasteiger partial charge in [-0.1, -0.05) is 23.7 Å². The zero-order valence-corrected chi connectivity index (χ0v) is 9.83. The number of nitrogens with one attached hydrogen (secondary N) is 1. The Morgan fingerprint density at radius 2 is 2.31 bits per heavy atom. The third-order valence-corrected chi connectivity index (χ3v) is 3.23. The number of hydrogen-bond acceptors (Lipinski definition) is 3. The summed E-state index contributed by atoms with van der Waals surface area (Å²) in [5, 5.41) is 3.91. The molecule has 1 aromatic rings. The summed E-state index contributed by atoms with van der Waals surface area (Å²) < 4.78 is 4.80. The van der Waals surface area contributed by atoms with E-state index in [-0.39, 0.29) is 17.8 Å². The van der Waals surface area contributed by atoms with Crippen molar-refractivity contribution in [2.45, 2.75) is 5.92 Å². The van der Waals surface area contributed by atoms with Gasteiger partial charge in [-0.15, -0.1) is 0 Å². The number of benzene rings is 1. The van der Waals surface area contributed by atoms with E-state index in [0.717, 1.165) is 12.1 Å². The molecule has 0 aliphatic carbocycles. The van der Waals surface area contributed by atoms with Gasteiger partial charge in [0.15, 0.2) is 0 Å². The summed E-state index contributed by atoms with van der Waals surface area (Å²) in [5.74, 6) is -0.107. The number of rotatable bonds is 2. The predicted octanol–water partition coefficient (Wildman–Crippen LogP) is 1.82. The van der Waals surface area contributed by atoms with Crippen LogP contribution in [0.3, 0.4) is 0 Å². The van der Waals surface area contributed by atoms with Crippen LogP contribution in [0.15, 0.2) is 24.3 Å². The van der Waals surface area contributed by atoms with Gasteiger partial charge in [0.1, 0.15) is 0 Å². The molecule has 86 valence electrons. The van der Waals surface area contributed by atoms with Crippen LogP contribution in [0.5, 0.6) is 0 Å². The highest BCUT2D eigenvalue weighted by atomic mass is 35.5. The van der Waals surface area contributed by atoms with Gasteiger partial charge < -0.3 is 10.1 Å². The van der Waals surface area contributed by atoms with E-state index >= 15 is 0 Å². The number of methoxy groups -OCH3 is 1. The van der Waals surface area contributed by atoms with E-state index in [2.05, 4.69) is 5.32 Å². The van der Waals surface area contributed by atoms with E-state index < -0.39 is 0 Å². The van der Waals surface area contributed by atoms with Crippen molar-refractivity contribution in [3.05, 3.63) is 34.9 Å². The minimum Gasteiger partial charge on any atom is -0.469 e. The minimum absolute atomic E-state index is 0.108. The van der Waals surface area contributed by atoms with Crippen molar-refractivity contribution >= 4 is 17.6 Å². The lowest BCUT2D eigenvalue weighted by molar-refractivity contribution is -0.145. The Hall–Kier alpha value is -1.06. The van der Waals surface area contributed by atoms with E-state index in [1.807, 2.05) is 24.3 Å². The van der Waals surface area contributed by atoms with Crippen LogP contribution in [-0.2, 0) is 9.53 Å². The molecule has 0 amide bonds. The molecular weight excluding hydrogens is 226 g/mol. The summed E-state index contributed by atoms with van der Waals surface area (Å²) in [6, 6.07) is 7.65. The minimum atomic E-state index is -0.157. The van der Waals surface area contributed by atoms with Crippen molar-refractivity contribution in [3.63, 3.8) is 0 Å². The Morgan fingerprint density at radius 3 is 3.00 bits per heavy atom. The predicted molar refractivity (Wildman–Crippen MR) is 62.6 cm³/mol. The second-order valence-electron chi connectivity index (χ2n) is 3.95. The quantitative estimate of drug-likeness (QED) is 0.800. The average molecular weight is 240 g/mol. The first-order valence-electron chi connectivity index (χ1n) is 5.26. The van der Waals surface area contributed by atoms with E-state index in [4.69, 9.17) is 16.3 Å². The lowest BCUT2D eigenvalue weighted by Crippen LogP contribution is -2.22. The number of ether oxygens (including phenoxy) is 1. The normalized spacial score (nSPS) is 24.4. The molecule has 1 aliphatic heterocycles. The Balaban J connectivity index is 2.23. The van der Waals surface area contributed by atoms with Crippen molar-refractivity contribution in [1.29, 1.82) is 0 Å². The molecule has 1 saturated heterocycles. The summed E-state index contributed by atoms with van der Waals surface area (Å²) in [5.41, 5.74) is 1.09. The van der Waals surface area contributed by atoms with Gasteiger partial charge in [0, 0.05) is 24.0 Å². The molecule has 0 radical (unpaired) electrons. The molecule has 1 N–H and O–H groups in total. The Morgan fingerprint density at radius 1 is 1.50 bits per heavy atom. The summed E-state index contributed by atoms with van der Waals surface area (Å²) in [6.45, 7) is 1.46. The Kier molecular flexibility index (Phi) is 3.46. The van der Waals surface area contributed by atoms with E-state index in [0.29, 0.717) is 11.6 Å². The van der Waals surface area contributed by atoms with Crippen molar-refractivity contribution in [3.8, 4) is 0 Å². The second kappa shape index (κ2) is 4.85. The molecular formula is C12H14ClNO2. The zero-order valence-electron chi connectivity index (χ0n) is 9.07. The third kappa shape index (κ3) is 2.20. The lowest BCUT2D eigenvalue weighted by Gasteiger charge is -2.16. The van der Waals surface area contributed by atoms with Gasteiger partial charge in [-0.3, -0.25) is 4.79 Å². The summed E-state index contributed by atoms with van der Waals surface area (Å²) in [6.07, 6.45) is 0. The SMILES string of the molecule is COC(=O)[C@H]1CNC[C@@H]1c1cccc(Cl)c1. The van der Waals surface area contributed by atoms with Gasteiger partial charge in [-0.2, -0.15) is 0 Å². The summed E-state index contributed by atoms with van der Waals surface area (Å²) >= 11 is 5.95. The highest BCUT2D eigenvalue weighted by molar-refractivity contribution is 6.30. The number of esters is 1. The van der Waals surface area contributed by atoms with Crippen molar-refractivity contribution < 1.29 is 9.53 Å². The number of halogens is 1. The fraction of sp³-hybridized carbons (Fsp3) is 0.417. The fourth-order valence-corrected chi connectivity index (χ4v) is 2.36. The molecule has 0 aromatic heterocycles. The second-order valence-corrected chi connectivity index (χ2v) is 4.39. The van der Waals surface area contributed by atoms with Crippen LogP contribution >= 0.6 is 11.6 Å². The summed E-state index contributed by atoms with van der Waals surface area (Å²) in [4.78, 5) is 11.6. The van der Waals surface area contributed by atoms with E-state index in [9.17, 15) is 4.79 Å². The van der Waals surface area contributed by atoms with Crippen LogP contribution in [0.2, 0.25) is 5.02 Å². The van der Waals surface area contributed by atoms with Crippen LogP contribution in [0, 0.1) is 5.92 Å². The van der Waals surface area contributed by atoms with Gasteiger partial charge in [0.2, 0.25) is 0 Å². The topological polar surface area (TPSA) is 38.3 Å². The van der Waals surface area contributed by atoms with E-state index in [1.165, 1.54) is 7.11 Å². The van der Waals surface area contributed by atoms with Gasteiger partial charge >= 0.3 is 5.97 Å². The molecule has 4 heteroatoms. The molecule has 16 heavy (non-hydrogen) atoms. The van der Waals surface area contributed by atoms with Crippen molar-refractivity contribution in [2.75, 3.05) is 20.2 Å². The van der Waals surface area contributed by atoms with Gasteiger partial charge in [-0.25, -0.2) is 0 Å². The van der Waals surface area contributed by atoms with E-state index in [1.54, 1.807) is 0 Å². The maximum absolute atomic E-state index is 11.6. The maximum Gasteiger partial charge on any atom is 0.310 e. The molecule has 0 spiro atoms. The van der Waals surface area contributed by atoms with Crippen molar-refractivity contribution in [1.82, 2.24) is 5.32 Å². The number of carbonyl (C=O) groups is 1. The number of hydrogen-bond donors (Lipinski definition) is 1. The first kappa shape index (κ1) is 11.4. The first-order valence-corrected chi connectivity index (χ1v) is 5.64. The Bertz CT molecular complexity index is 394. The van der Waals surface area contributed by atoms with Crippen LogP contribution in [0.25, 0.3) is 0 Å². The van der Waals surface area contributed by atoms with Crippen LogP contribution in [-0.4, -0.2) is 26.2 Å². The maximum atomic E-state index is 11.6. The highest BCUT2D eigenvalue weighted by Gasteiger charge is 2.34. The molecule has 0 bridgehead atoms. The molecule has 2 rings (SSSR count). The third-order valence-electron chi connectivity index (χ3n) is 2.99. The first-order chi connectivity index (χ1) is 7.72. The van der Waals surface area contributed by atoms with Gasteiger partial charge in [0.05, 0.1) is 13.0 Å². The summed E-state index contributed by atoms with van der Waals surface area (Å²) in [7, 11) is 1.43. The highest BCUT2D eigenvalue weighted by Crippen LogP contribution is 2.30. The molecule has 0 unspecified atom stereocenters. The fourth-order valence-electron chi connectivity index (χ4n) is 2.17. The monoisotopic (exact) mass is 239 g/mol. The van der Waals surface area contributed by atoms with Gasteiger partial charge in [0.25, 0.3) is 0 Å². The van der Waals surface area contributed by atoms with Gasteiger partial charge in [-0.05, 0) is 17.7 Å². The van der Waals surface area contributed by atoms with Crippen LogP contribution in [0.4, 0.5) is 0 Å². The molecule has 3 nitrogen and oxygen atoms in total. The largest absolute Gasteiger partial charge is 0.469 e. The molecule has 1 aromatic carbocycles. The Labute approximate surface area is 99.7 Å². The molecule has 1 heterocycles.